The second kappa shape index (κ2) is 9.74. The number of nitrogens with zero attached hydrogens (tertiary/aromatic N) is 2. The summed E-state index contributed by atoms with van der Waals surface area (Å²) in [5.41, 5.74) is 4.14. The van der Waals surface area contributed by atoms with Crippen LogP contribution in [0, 0.1) is 0 Å². The SMILES string of the molecule is COc1ccccc1C=NNC1=NC(CC(=O)Nc2cccc(SC)c2)C(=O)N1. The Hall–Kier alpha value is -3.33. The Balaban J connectivity index is 1.56. The molecule has 1 atom stereocenters. The van der Waals surface area contributed by atoms with Crippen molar-refractivity contribution in [1.29, 1.82) is 0 Å². The minimum Gasteiger partial charge on any atom is -0.496 e. The summed E-state index contributed by atoms with van der Waals surface area (Å²) in [7, 11) is 1.58. The number of methoxy groups -OCH3 is 1. The van der Waals surface area contributed by atoms with Crippen LogP contribution in [0.4, 0.5) is 5.69 Å². The van der Waals surface area contributed by atoms with Gasteiger partial charge in [0.2, 0.25) is 11.9 Å². The zero-order chi connectivity index (χ0) is 20.6. The van der Waals surface area contributed by atoms with Crippen LogP contribution in [0.1, 0.15) is 12.0 Å². The Labute approximate surface area is 172 Å². The van der Waals surface area contributed by atoms with Crippen LogP contribution in [-0.4, -0.2) is 43.4 Å². The fourth-order valence-electron chi connectivity index (χ4n) is 2.67. The summed E-state index contributed by atoms with van der Waals surface area (Å²) in [6.45, 7) is 0. The van der Waals surface area contributed by atoms with E-state index in [4.69, 9.17) is 4.74 Å². The topological polar surface area (TPSA) is 104 Å². The van der Waals surface area contributed by atoms with Gasteiger partial charge in [0.1, 0.15) is 11.8 Å². The van der Waals surface area contributed by atoms with Crippen LogP contribution in [0.15, 0.2) is 63.5 Å². The standard InChI is InChI=1S/C20H21N5O3S/c1-28-17-9-4-3-6-13(17)12-21-25-20-23-16(19(27)24-20)11-18(26)22-14-7-5-8-15(10-14)29-2/h3-10,12,16H,11H2,1-2H3,(H,22,26)(H2,23,24,25,27). The summed E-state index contributed by atoms with van der Waals surface area (Å²) in [5.74, 6) is 0.234. The first kappa shape index (κ1) is 20.4. The van der Waals surface area contributed by atoms with Crippen molar-refractivity contribution in [1.82, 2.24) is 10.7 Å². The van der Waals surface area contributed by atoms with Crippen molar-refractivity contribution in [2.45, 2.75) is 17.4 Å². The maximum atomic E-state index is 12.3. The third kappa shape index (κ3) is 5.58. The molecule has 0 bridgehead atoms. The number of anilines is 1. The highest BCUT2D eigenvalue weighted by Crippen LogP contribution is 2.19. The summed E-state index contributed by atoms with van der Waals surface area (Å²) in [6, 6.07) is 14.1. The molecule has 0 fully saturated rings. The lowest BCUT2D eigenvalue weighted by molar-refractivity contribution is -0.123. The number of thioether (sulfide) groups is 1. The van der Waals surface area contributed by atoms with Crippen molar-refractivity contribution in [3.63, 3.8) is 0 Å². The van der Waals surface area contributed by atoms with Gasteiger partial charge in [-0.2, -0.15) is 5.10 Å². The molecule has 3 rings (SSSR count). The Morgan fingerprint density at radius 3 is 2.93 bits per heavy atom. The fourth-order valence-corrected chi connectivity index (χ4v) is 3.13. The average Bonchev–Trinajstić information content (AvgIpc) is 3.07. The van der Waals surface area contributed by atoms with Gasteiger partial charge in [0.25, 0.3) is 5.91 Å². The summed E-state index contributed by atoms with van der Waals surface area (Å²) >= 11 is 1.59. The number of benzene rings is 2. The number of hydrogen-bond acceptors (Lipinski definition) is 7. The average molecular weight is 411 g/mol. The predicted molar refractivity (Wildman–Crippen MR) is 115 cm³/mol. The number of rotatable bonds is 7. The molecule has 0 radical (unpaired) electrons. The molecular formula is C20H21N5O3S. The van der Waals surface area contributed by atoms with Crippen molar-refractivity contribution in [3.05, 3.63) is 54.1 Å². The lowest BCUT2D eigenvalue weighted by atomic mass is 10.2. The van der Waals surface area contributed by atoms with Crippen molar-refractivity contribution in [2.24, 2.45) is 10.1 Å². The van der Waals surface area contributed by atoms with Crippen LogP contribution in [0.5, 0.6) is 5.75 Å². The molecule has 29 heavy (non-hydrogen) atoms. The van der Waals surface area contributed by atoms with Gasteiger partial charge in [-0.1, -0.05) is 18.2 Å². The molecule has 0 saturated carbocycles. The van der Waals surface area contributed by atoms with E-state index in [2.05, 4.69) is 26.2 Å². The monoisotopic (exact) mass is 411 g/mol. The molecule has 1 aliphatic heterocycles. The maximum absolute atomic E-state index is 12.3. The van der Waals surface area contributed by atoms with Gasteiger partial charge in [-0.05, 0) is 36.6 Å². The number of amides is 2. The molecule has 0 saturated heterocycles. The van der Waals surface area contributed by atoms with E-state index in [9.17, 15) is 9.59 Å². The Morgan fingerprint density at radius 1 is 1.31 bits per heavy atom. The first-order chi connectivity index (χ1) is 14.1. The van der Waals surface area contributed by atoms with Crippen LogP contribution >= 0.6 is 11.8 Å². The number of carbonyl (C=O) groups excluding carboxylic acids is 2. The van der Waals surface area contributed by atoms with Gasteiger partial charge < -0.3 is 10.1 Å². The number of ether oxygens (including phenoxy) is 1. The second-order valence-corrected chi connectivity index (χ2v) is 6.96. The van der Waals surface area contributed by atoms with Gasteiger partial charge in [0, 0.05) is 16.1 Å². The molecule has 1 aliphatic rings. The van der Waals surface area contributed by atoms with E-state index < -0.39 is 6.04 Å². The minimum absolute atomic E-state index is 0.0588. The summed E-state index contributed by atoms with van der Waals surface area (Å²) < 4.78 is 5.24. The highest BCUT2D eigenvalue weighted by molar-refractivity contribution is 7.98. The summed E-state index contributed by atoms with van der Waals surface area (Å²) in [4.78, 5) is 29.6. The van der Waals surface area contributed by atoms with E-state index in [0.717, 1.165) is 10.5 Å². The number of hydrogen-bond donors (Lipinski definition) is 3. The van der Waals surface area contributed by atoms with Crippen molar-refractivity contribution in [3.8, 4) is 5.75 Å². The number of aliphatic imine (C=N–C) groups is 1. The first-order valence-corrected chi connectivity index (χ1v) is 10.1. The van der Waals surface area contributed by atoms with Gasteiger partial charge in [-0.25, -0.2) is 10.4 Å². The molecule has 2 aromatic rings. The van der Waals surface area contributed by atoms with Crippen LogP contribution < -0.4 is 20.8 Å². The van der Waals surface area contributed by atoms with Crippen molar-refractivity contribution in [2.75, 3.05) is 18.7 Å². The van der Waals surface area contributed by atoms with E-state index >= 15 is 0 Å². The number of nitrogens with one attached hydrogen (secondary N) is 3. The van der Waals surface area contributed by atoms with Crippen LogP contribution in [0.3, 0.4) is 0 Å². The largest absolute Gasteiger partial charge is 0.496 e. The fraction of sp³-hybridized carbons (Fsp3) is 0.200. The van der Waals surface area contributed by atoms with Gasteiger partial charge in [-0.15, -0.1) is 11.8 Å². The minimum atomic E-state index is -0.803. The molecular weight excluding hydrogens is 390 g/mol. The molecule has 1 unspecified atom stereocenters. The lowest BCUT2D eigenvalue weighted by Crippen LogP contribution is -2.35. The first-order valence-electron chi connectivity index (χ1n) is 8.83. The molecule has 3 N–H and O–H groups in total. The van der Waals surface area contributed by atoms with Gasteiger partial charge >= 0.3 is 0 Å². The molecule has 2 aromatic carbocycles. The highest BCUT2D eigenvalue weighted by Gasteiger charge is 2.28. The molecule has 1 heterocycles. The Morgan fingerprint density at radius 2 is 2.14 bits per heavy atom. The molecule has 0 aliphatic carbocycles. The zero-order valence-corrected chi connectivity index (χ0v) is 16.8. The Kier molecular flexibility index (Phi) is 6.85. The zero-order valence-electron chi connectivity index (χ0n) is 16.0. The molecule has 0 aromatic heterocycles. The van der Waals surface area contributed by atoms with Gasteiger partial charge in [-0.3, -0.25) is 14.9 Å². The van der Waals surface area contributed by atoms with E-state index in [1.54, 1.807) is 31.2 Å². The van der Waals surface area contributed by atoms with Crippen LogP contribution in [-0.2, 0) is 9.59 Å². The van der Waals surface area contributed by atoms with E-state index in [1.165, 1.54) is 0 Å². The van der Waals surface area contributed by atoms with Crippen molar-refractivity contribution < 1.29 is 14.3 Å². The quantitative estimate of drug-likeness (QED) is 0.368. The second-order valence-electron chi connectivity index (χ2n) is 6.08. The molecule has 2 amide bonds. The summed E-state index contributed by atoms with van der Waals surface area (Å²) in [6.07, 6.45) is 3.46. The molecule has 9 heteroatoms. The number of hydrazone groups is 1. The highest BCUT2D eigenvalue weighted by atomic mass is 32.2. The normalized spacial score (nSPS) is 15.7. The number of carbonyl (C=O) groups is 2. The smallest absolute Gasteiger partial charge is 0.252 e. The van der Waals surface area contributed by atoms with Gasteiger partial charge in [0.15, 0.2) is 0 Å². The number of guanidine groups is 1. The third-order valence-corrected chi connectivity index (χ3v) is 4.80. The van der Waals surface area contributed by atoms with Crippen LogP contribution in [0.25, 0.3) is 0 Å². The van der Waals surface area contributed by atoms with Crippen LogP contribution in [0.2, 0.25) is 0 Å². The summed E-state index contributed by atoms with van der Waals surface area (Å²) in [5, 5.41) is 9.43. The van der Waals surface area contributed by atoms with Gasteiger partial charge in [0.05, 0.1) is 19.7 Å². The molecule has 0 spiro atoms. The predicted octanol–water partition coefficient (Wildman–Crippen LogP) is 2.22. The van der Waals surface area contributed by atoms with Crippen molar-refractivity contribution >= 4 is 41.4 Å². The van der Waals surface area contributed by atoms with E-state index in [0.29, 0.717) is 11.4 Å². The third-order valence-electron chi connectivity index (χ3n) is 4.07. The lowest BCUT2D eigenvalue weighted by Gasteiger charge is -2.07. The van der Waals surface area contributed by atoms with E-state index in [1.807, 2.05) is 48.7 Å². The molecule has 8 nitrogen and oxygen atoms in total. The Bertz CT molecular complexity index is 961. The number of para-hydroxylation sites is 1. The maximum Gasteiger partial charge on any atom is 0.252 e. The molecule has 150 valence electrons. The van der Waals surface area contributed by atoms with E-state index in [-0.39, 0.29) is 24.2 Å².